The Hall–Kier alpha value is -2.55. The van der Waals surface area contributed by atoms with Crippen molar-refractivity contribution in [3.8, 4) is 5.75 Å². The number of benzene rings is 1. The van der Waals surface area contributed by atoms with Gasteiger partial charge in [0.2, 0.25) is 0 Å². The van der Waals surface area contributed by atoms with Crippen molar-refractivity contribution >= 4 is 41.2 Å². The van der Waals surface area contributed by atoms with Gasteiger partial charge in [-0.1, -0.05) is 11.6 Å². The number of halogens is 2. The molecule has 0 spiro atoms. The predicted octanol–water partition coefficient (Wildman–Crippen LogP) is 2.50. The third-order valence-electron chi connectivity index (χ3n) is 4.94. The van der Waals surface area contributed by atoms with Crippen LogP contribution < -0.4 is 20.9 Å². The number of aromatic nitrogens is 3. The standard InChI is InChI=1S/C19H20ClN5O3.ClH/c1-3-24-15-6-7-21-9-12(15)19(27)25-18(24)13(10-22-25)17(26)23-14-8-11(20)4-5-16(14)28-2;/h4-5,8,10,21H,3,6-7,9H2,1-2H3,(H,23,26);1H. The highest BCUT2D eigenvalue weighted by Gasteiger charge is 2.24. The molecule has 0 bridgehead atoms. The van der Waals surface area contributed by atoms with E-state index in [4.69, 9.17) is 16.3 Å². The van der Waals surface area contributed by atoms with E-state index in [0.717, 1.165) is 18.7 Å². The normalized spacial score (nSPS) is 12.9. The third-order valence-corrected chi connectivity index (χ3v) is 5.17. The number of nitrogens with one attached hydrogen (secondary N) is 2. The quantitative estimate of drug-likeness (QED) is 0.654. The van der Waals surface area contributed by atoms with E-state index < -0.39 is 0 Å². The summed E-state index contributed by atoms with van der Waals surface area (Å²) in [5, 5.41) is 10.7. The van der Waals surface area contributed by atoms with Gasteiger partial charge >= 0.3 is 0 Å². The minimum Gasteiger partial charge on any atom is -0.495 e. The molecular formula is C19H21Cl2N5O3. The maximum absolute atomic E-state index is 13.0. The molecule has 0 saturated carbocycles. The van der Waals surface area contributed by atoms with Crippen molar-refractivity contribution in [3.63, 3.8) is 0 Å². The smallest absolute Gasteiger partial charge is 0.279 e. The second-order valence-electron chi connectivity index (χ2n) is 6.49. The van der Waals surface area contributed by atoms with E-state index in [1.807, 2.05) is 11.5 Å². The number of hydrogen-bond acceptors (Lipinski definition) is 5. The number of ether oxygens (including phenoxy) is 1. The fraction of sp³-hybridized carbons (Fsp3) is 0.316. The number of fused-ring (bicyclic) bond motifs is 2. The summed E-state index contributed by atoms with van der Waals surface area (Å²) in [5.74, 6) is 0.108. The molecule has 0 radical (unpaired) electrons. The number of methoxy groups -OCH3 is 1. The van der Waals surface area contributed by atoms with Gasteiger partial charge in [0.15, 0.2) is 5.65 Å². The van der Waals surface area contributed by atoms with Crippen molar-refractivity contribution < 1.29 is 9.53 Å². The minimum absolute atomic E-state index is 0. The monoisotopic (exact) mass is 437 g/mol. The highest BCUT2D eigenvalue weighted by atomic mass is 35.5. The van der Waals surface area contributed by atoms with E-state index in [0.29, 0.717) is 46.3 Å². The number of amides is 1. The van der Waals surface area contributed by atoms with Crippen LogP contribution in [0, 0.1) is 0 Å². The Morgan fingerprint density at radius 1 is 1.41 bits per heavy atom. The zero-order valence-electron chi connectivity index (χ0n) is 16.0. The van der Waals surface area contributed by atoms with E-state index in [-0.39, 0.29) is 23.9 Å². The first-order valence-electron chi connectivity index (χ1n) is 9.03. The van der Waals surface area contributed by atoms with E-state index in [2.05, 4.69) is 15.7 Å². The van der Waals surface area contributed by atoms with Crippen LogP contribution in [0.15, 0.2) is 29.2 Å². The summed E-state index contributed by atoms with van der Waals surface area (Å²) < 4.78 is 8.59. The lowest BCUT2D eigenvalue weighted by molar-refractivity contribution is 0.102. The summed E-state index contributed by atoms with van der Waals surface area (Å²) in [7, 11) is 1.52. The Balaban J connectivity index is 0.00000240. The molecule has 1 amide bonds. The van der Waals surface area contributed by atoms with Crippen molar-refractivity contribution in [2.45, 2.75) is 26.4 Å². The van der Waals surface area contributed by atoms with Crippen molar-refractivity contribution in [1.82, 2.24) is 19.5 Å². The van der Waals surface area contributed by atoms with Crippen LogP contribution in [0.1, 0.15) is 28.5 Å². The number of nitrogens with zero attached hydrogens (tertiary/aromatic N) is 3. The van der Waals surface area contributed by atoms with E-state index >= 15 is 0 Å². The Morgan fingerprint density at radius 3 is 2.93 bits per heavy atom. The molecule has 4 rings (SSSR count). The molecule has 3 heterocycles. The molecule has 1 aliphatic rings. The molecule has 154 valence electrons. The maximum Gasteiger partial charge on any atom is 0.279 e. The zero-order valence-corrected chi connectivity index (χ0v) is 17.6. The molecule has 0 fully saturated rings. The van der Waals surface area contributed by atoms with Crippen LogP contribution in [0.25, 0.3) is 5.65 Å². The van der Waals surface area contributed by atoms with Gasteiger partial charge in [-0.3, -0.25) is 9.59 Å². The largest absolute Gasteiger partial charge is 0.495 e. The van der Waals surface area contributed by atoms with Gasteiger partial charge in [-0.05, 0) is 25.1 Å². The molecule has 1 aromatic carbocycles. The molecule has 2 N–H and O–H groups in total. The summed E-state index contributed by atoms with van der Waals surface area (Å²) in [6.45, 7) is 3.91. The van der Waals surface area contributed by atoms with Gasteiger partial charge in [0.25, 0.3) is 11.5 Å². The molecule has 1 aliphatic heterocycles. The zero-order chi connectivity index (χ0) is 19.8. The average Bonchev–Trinajstić information content (AvgIpc) is 3.14. The number of aryl methyl sites for hydroxylation is 1. The Labute approximate surface area is 178 Å². The third kappa shape index (κ3) is 3.59. The Morgan fingerprint density at radius 2 is 2.21 bits per heavy atom. The van der Waals surface area contributed by atoms with E-state index in [1.54, 1.807) is 18.2 Å². The molecule has 3 aromatic rings. The first-order valence-corrected chi connectivity index (χ1v) is 9.40. The van der Waals surface area contributed by atoms with Crippen LogP contribution in [0.4, 0.5) is 5.69 Å². The maximum atomic E-state index is 13.0. The van der Waals surface area contributed by atoms with Crippen molar-refractivity contribution in [1.29, 1.82) is 0 Å². The van der Waals surface area contributed by atoms with Crippen LogP contribution in [-0.4, -0.2) is 33.7 Å². The summed E-state index contributed by atoms with van der Waals surface area (Å²) >= 11 is 6.05. The number of hydrogen-bond donors (Lipinski definition) is 2. The Kier molecular flexibility index (Phi) is 6.16. The summed E-state index contributed by atoms with van der Waals surface area (Å²) in [6.07, 6.45) is 2.15. The van der Waals surface area contributed by atoms with Gasteiger partial charge in [-0.15, -0.1) is 12.4 Å². The first kappa shape index (κ1) is 21.2. The Bertz CT molecular complexity index is 1140. The van der Waals surface area contributed by atoms with Gasteiger partial charge < -0.3 is 19.9 Å². The fourth-order valence-electron chi connectivity index (χ4n) is 3.64. The lowest BCUT2D eigenvalue weighted by Gasteiger charge is -2.22. The molecule has 0 atom stereocenters. The van der Waals surface area contributed by atoms with Gasteiger partial charge in [0.1, 0.15) is 11.3 Å². The molecule has 0 unspecified atom stereocenters. The molecule has 2 aromatic heterocycles. The van der Waals surface area contributed by atoms with Crippen molar-refractivity contribution in [2.75, 3.05) is 19.0 Å². The van der Waals surface area contributed by atoms with E-state index in [1.165, 1.54) is 17.8 Å². The summed E-state index contributed by atoms with van der Waals surface area (Å²) in [5.41, 5.74) is 2.72. The first-order chi connectivity index (χ1) is 13.5. The lowest BCUT2D eigenvalue weighted by Crippen LogP contribution is -2.36. The van der Waals surface area contributed by atoms with Crippen LogP contribution in [0.3, 0.4) is 0 Å². The summed E-state index contributed by atoms with van der Waals surface area (Å²) in [6, 6.07) is 4.98. The van der Waals surface area contributed by atoms with Gasteiger partial charge in [-0.2, -0.15) is 9.61 Å². The van der Waals surface area contributed by atoms with Gasteiger partial charge in [0, 0.05) is 36.8 Å². The number of anilines is 1. The topological polar surface area (TPSA) is 89.7 Å². The number of carbonyl (C=O) groups excluding carboxylic acids is 1. The van der Waals surface area contributed by atoms with E-state index in [9.17, 15) is 9.59 Å². The molecule has 29 heavy (non-hydrogen) atoms. The molecular weight excluding hydrogens is 417 g/mol. The molecule has 0 saturated heterocycles. The predicted molar refractivity (Wildman–Crippen MR) is 114 cm³/mol. The molecule has 0 aliphatic carbocycles. The van der Waals surface area contributed by atoms with Gasteiger partial charge in [-0.25, -0.2) is 0 Å². The van der Waals surface area contributed by atoms with Crippen LogP contribution in [0.2, 0.25) is 5.02 Å². The van der Waals surface area contributed by atoms with Gasteiger partial charge in [0.05, 0.1) is 24.6 Å². The van der Waals surface area contributed by atoms with Crippen LogP contribution in [0.5, 0.6) is 5.75 Å². The van der Waals surface area contributed by atoms with Crippen LogP contribution >= 0.6 is 24.0 Å². The highest BCUT2D eigenvalue weighted by molar-refractivity contribution is 6.31. The lowest BCUT2D eigenvalue weighted by atomic mass is 10.1. The fourth-order valence-corrected chi connectivity index (χ4v) is 3.82. The highest BCUT2D eigenvalue weighted by Crippen LogP contribution is 2.28. The second-order valence-corrected chi connectivity index (χ2v) is 6.93. The van der Waals surface area contributed by atoms with Crippen molar-refractivity contribution in [2.24, 2.45) is 0 Å². The van der Waals surface area contributed by atoms with Crippen molar-refractivity contribution in [3.05, 3.63) is 56.6 Å². The molecule has 8 nitrogen and oxygen atoms in total. The average molecular weight is 438 g/mol. The van der Waals surface area contributed by atoms with Crippen LogP contribution in [-0.2, 0) is 19.5 Å². The molecule has 10 heteroatoms. The second kappa shape index (κ2) is 8.44. The minimum atomic E-state index is -0.383. The number of carbonyl (C=O) groups is 1. The SMILES string of the molecule is CCn1c2c(c(=O)n3ncc(C(=O)Nc4cc(Cl)ccc4OC)c13)CNCC2.Cl. The number of rotatable bonds is 4. The summed E-state index contributed by atoms with van der Waals surface area (Å²) in [4.78, 5) is 25.9.